The highest BCUT2D eigenvalue weighted by Gasteiger charge is 2.20. The first kappa shape index (κ1) is 13.3. The standard InChI is InChI=1S/C16H22N4/c1-19-11-8-18-16(19)13-20-9-4-15(5-10-20)12-14-2-6-17-7-3-14/h2-3,6-8,11,15H,4-5,9-10,12-13H2,1H3. The zero-order chi connectivity index (χ0) is 13.8. The number of aryl methyl sites for hydroxylation is 1. The Balaban J connectivity index is 1.49. The second-order valence-electron chi connectivity index (χ2n) is 5.73. The van der Waals surface area contributed by atoms with Gasteiger partial charge in [-0.2, -0.15) is 0 Å². The molecule has 106 valence electrons. The Kier molecular flexibility index (Phi) is 4.11. The molecule has 0 saturated carbocycles. The summed E-state index contributed by atoms with van der Waals surface area (Å²) in [5, 5.41) is 0. The summed E-state index contributed by atoms with van der Waals surface area (Å²) in [7, 11) is 2.07. The van der Waals surface area contributed by atoms with Crippen LogP contribution in [0.15, 0.2) is 36.9 Å². The number of nitrogens with zero attached hydrogens (tertiary/aromatic N) is 4. The first-order valence-electron chi connectivity index (χ1n) is 7.39. The topological polar surface area (TPSA) is 34.0 Å². The van der Waals surface area contributed by atoms with Gasteiger partial charge in [0.1, 0.15) is 5.82 Å². The number of hydrogen-bond acceptors (Lipinski definition) is 3. The Bertz CT molecular complexity index is 526. The van der Waals surface area contributed by atoms with Gasteiger partial charge in [-0.15, -0.1) is 0 Å². The molecule has 1 aliphatic rings. The molecule has 0 radical (unpaired) electrons. The Morgan fingerprint density at radius 3 is 2.55 bits per heavy atom. The van der Waals surface area contributed by atoms with E-state index in [-0.39, 0.29) is 0 Å². The minimum atomic E-state index is 0.815. The van der Waals surface area contributed by atoms with E-state index in [0.717, 1.165) is 18.3 Å². The summed E-state index contributed by atoms with van der Waals surface area (Å²) in [5.74, 6) is 1.98. The number of likely N-dealkylation sites (tertiary alicyclic amines) is 1. The van der Waals surface area contributed by atoms with Crippen LogP contribution >= 0.6 is 0 Å². The third kappa shape index (κ3) is 3.25. The zero-order valence-electron chi connectivity index (χ0n) is 12.1. The van der Waals surface area contributed by atoms with Crippen LogP contribution in [0.4, 0.5) is 0 Å². The number of rotatable bonds is 4. The fraction of sp³-hybridized carbons (Fsp3) is 0.500. The van der Waals surface area contributed by atoms with Crippen molar-refractivity contribution in [1.29, 1.82) is 0 Å². The van der Waals surface area contributed by atoms with Gasteiger partial charge in [-0.3, -0.25) is 9.88 Å². The number of piperidine rings is 1. The van der Waals surface area contributed by atoms with Gasteiger partial charge in [0.05, 0.1) is 6.54 Å². The van der Waals surface area contributed by atoms with E-state index in [2.05, 4.69) is 38.6 Å². The normalized spacial score (nSPS) is 17.4. The minimum Gasteiger partial charge on any atom is -0.337 e. The Hall–Kier alpha value is -1.68. The first-order valence-corrected chi connectivity index (χ1v) is 7.39. The van der Waals surface area contributed by atoms with Crippen LogP contribution in [-0.4, -0.2) is 32.5 Å². The Labute approximate surface area is 120 Å². The second kappa shape index (κ2) is 6.18. The summed E-state index contributed by atoms with van der Waals surface area (Å²) in [6, 6.07) is 4.28. The van der Waals surface area contributed by atoms with Crippen LogP contribution in [0.25, 0.3) is 0 Å². The van der Waals surface area contributed by atoms with Crippen LogP contribution in [0, 0.1) is 5.92 Å². The Morgan fingerprint density at radius 2 is 1.90 bits per heavy atom. The average molecular weight is 270 g/mol. The summed E-state index contributed by atoms with van der Waals surface area (Å²) < 4.78 is 2.11. The van der Waals surface area contributed by atoms with Gasteiger partial charge in [0.15, 0.2) is 0 Å². The van der Waals surface area contributed by atoms with E-state index in [0.29, 0.717) is 0 Å². The maximum absolute atomic E-state index is 4.41. The molecule has 0 amide bonds. The van der Waals surface area contributed by atoms with Crippen molar-refractivity contribution < 1.29 is 0 Å². The maximum Gasteiger partial charge on any atom is 0.122 e. The molecule has 0 N–H and O–H groups in total. The number of aromatic nitrogens is 3. The molecular formula is C16H22N4. The molecule has 1 aliphatic heterocycles. The van der Waals surface area contributed by atoms with Crippen molar-refractivity contribution in [3.63, 3.8) is 0 Å². The summed E-state index contributed by atoms with van der Waals surface area (Å²) in [4.78, 5) is 11.0. The number of pyridine rings is 1. The molecule has 3 heterocycles. The van der Waals surface area contributed by atoms with Crippen LogP contribution in [-0.2, 0) is 20.0 Å². The molecule has 20 heavy (non-hydrogen) atoms. The van der Waals surface area contributed by atoms with Crippen LogP contribution in [0.2, 0.25) is 0 Å². The van der Waals surface area contributed by atoms with Gasteiger partial charge in [0.25, 0.3) is 0 Å². The molecule has 0 aliphatic carbocycles. The first-order chi connectivity index (χ1) is 9.81. The lowest BCUT2D eigenvalue weighted by atomic mass is 9.90. The molecule has 2 aromatic heterocycles. The summed E-state index contributed by atoms with van der Waals surface area (Å²) in [5.41, 5.74) is 1.42. The van der Waals surface area contributed by atoms with Crippen LogP contribution in [0.5, 0.6) is 0 Å². The predicted octanol–water partition coefficient (Wildman–Crippen LogP) is 2.27. The van der Waals surface area contributed by atoms with Crippen LogP contribution < -0.4 is 0 Å². The van der Waals surface area contributed by atoms with Crippen LogP contribution in [0.1, 0.15) is 24.2 Å². The van der Waals surface area contributed by atoms with Crippen molar-refractivity contribution >= 4 is 0 Å². The van der Waals surface area contributed by atoms with Gasteiger partial charge in [-0.05, 0) is 56.0 Å². The van der Waals surface area contributed by atoms with Crippen LogP contribution in [0.3, 0.4) is 0 Å². The van der Waals surface area contributed by atoms with E-state index >= 15 is 0 Å². The molecule has 0 atom stereocenters. The van der Waals surface area contributed by atoms with Crippen molar-refractivity contribution in [2.45, 2.75) is 25.8 Å². The largest absolute Gasteiger partial charge is 0.337 e. The van der Waals surface area contributed by atoms with Gasteiger partial charge < -0.3 is 4.57 Å². The van der Waals surface area contributed by atoms with E-state index in [9.17, 15) is 0 Å². The molecule has 0 bridgehead atoms. The molecule has 0 unspecified atom stereocenters. The lowest BCUT2D eigenvalue weighted by Gasteiger charge is -2.31. The van der Waals surface area contributed by atoms with Gasteiger partial charge in [-0.1, -0.05) is 0 Å². The number of hydrogen-bond donors (Lipinski definition) is 0. The smallest absolute Gasteiger partial charge is 0.122 e. The van der Waals surface area contributed by atoms with Crippen molar-refractivity contribution in [1.82, 2.24) is 19.4 Å². The Morgan fingerprint density at radius 1 is 1.15 bits per heavy atom. The highest BCUT2D eigenvalue weighted by molar-refractivity contribution is 5.10. The number of imidazole rings is 1. The molecule has 3 rings (SSSR count). The predicted molar refractivity (Wildman–Crippen MR) is 79.2 cm³/mol. The monoisotopic (exact) mass is 270 g/mol. The quantitative estimate of drug-likeness (QED) is 0.854. The molecule has 4 heteroatoms. The lowest BCUT2D eigenvalue weighted by molar-refractivity contribution is 0.172. The second-order valence-corrected chi connectivity index (χ2v) is 5.73. The molecule has 4 nitrogen and oxygen atoms in total. The van der Waals surface area contributed by atoms with Crippen molar-refractivity contribution in [3.05, 3.63) is 48.3 Å². The molecule has 2 aromatic rings. The molecule has 1 saturated heterocycles. The van der Waals surface area contributed by atoms with Gasteiger partial charge in [0, 0.05) is 31.8 Å². The van der Waals surface area contributed by atoms with Gasteiger partial charge >= 0.3 is 0 Å². The van der Waals surface area contributed by atoms with E-state index in [1.165, 1.54) is 37.9 Å². The maximum atomic E-state index is 4.41. The van der Waals surface area contributed by atoms with E-state index < -0.39 is 0 Å². The average Bonchev–Trinajstić information content (AvgIpc) is 2.88. The third-order valence-corrected chi connectivity index (χ3v) is 4.27. The molecule has 1 fully saturated rings. The van der Waals surface area contributed by atoms with Gasteiger partial charge in [0.2, 0.25) is 0 Å². The molecule has 0 aromatic carbocycles. The zero-order valence-corrected chi connectivity index (χ0v) is 12.1. The summed E-state index contributed by atoms with van der Waals surface area (Å²) in [6.07, 6.45) is 11.5. The van der Waals surface area contributed by atoms with E-state index in [4.69, 9.17) is 0 Å². The van der Waals surface area contributed by atoms with Crippen molar-refractivity contribution in [3.8, 4) is 0 Å². The minimum absolute atomic E-state index is 0.815. The molecular weight excluding hydrogens is 248 g/mol. The summed E-state index contributed by atoms with van der Waals surface area (Å²) in [6.45, 7) is 3.34. The highest BCUT2D eigenvalue weighted by atomic mass is 15.2. The highest BCUT2D eigenvalue weighted by Crippen LogP contribution is 2.22. The third-order valence-electron chi connectivity index (χ3n) is 4.27. The van der Waals surface area contributed by atoms with Gasteiger partial charge in [-0.25, -0.2) is 4.98 Å². The lowest BCUT2D eigenvalue weighted by Crippen LogP contribution is -2.34. The summed E-state index contributed by atoms with van der Waals surface area (Å²) >= 11 is 0. The fourth-order valence-corrected chi connectivity index (χ4v) is 2.95. The molecule has 0 spiro atoms. The van der Waals surface area contributed by atoms with Crippen molar-refractivity contribution in [2.24, 2.45) is 13.0 Å². The fourth-order valence-electron chi connectivity index (χ4n) is 2.95. The van der Waals surface area contributed by atoms with E-state index in [1.807, 2.05) is 24.8 Å². The van der Waals surface area contributed by atoms with Crippen molar-refractivity contribution in [2.75, 3.05) is 13.1 Å². The van der Waals surface area contributed by atoms with E-state index in [1.54, 1.807) is 0 Å². The SMILES string of the molecule is Cn1ccnc1CN1CCC(Cc2ccncc2)CC1.